The van der Waals surface area contributed by atoms with Crippen LogP contribution in [0.4, 0.5) is 4.79 Å². The first-order valence-electron chi connectivity index (χ1n) is 7.35. The molecule has 1 aliphatic heterocycles. The van der Waals surface area contributed by atoms with Crippen LogP contribution in [0.25, 0.3) is 0 Å². The van der Waals surface area contributed by atoms with Gasteiger partial charge in [-0.2, -0.15) is 0 Å². The third-order valence-corrected chi connectivity index (χ3v) is 3.52. The summed E-state index contributed by atoms with van der Waals surface area (Å²) in [6, 6.07) is -0.0474. The number of carbonyl (C=O) groups is 3. The van der Waals surface area contributed by atoms with E-state index in [1.54, 1.807) is 9.80 Å². The predicted octanol–water partition coefficient (Wildman–Crippen LogP) is 0.892. The second-order valence-electron chi connectivity index (χ2n) is 5.70. The molecule has 120 valence electrons. The first-order chi connectivity index (χ1) is 9.81. The minimum absolute atomic E-state index is 0.0134. The van der Waals surface area contributed by atoms with Crippen LogP contribution in [0, 0.1) is 0 Å². The molecule has 0 aromatic rings. The fourth-order valence-electron chi connectivity index (χ4n) is 2.50. The second kappa shape index (κ2) is 7.85. The van der Waals surface area contributed by atoms with E-state index in [-0.39, 0.29) is 30.4 Å². The highest BCUT2D eigenvalue weighted by atomic mass is 16.4. The van der Waals surface area contributed by atoms with Gasteiger partial charge in [-0.15, -0.1) is 0 Å². The summed E-state index contributed by atoms with van der Waals surface area (Å²) in [6.45, 7) is 6.87. The number of carboxylic acid groups (broad SMARTS) is 1. The zero-order valence-electron chi connectivity index (χ0n) is 13.0. The minimum Gasteiger partial charge on any atom is -0.481 e. The van der Waals surface area contributed by atoms with E-state index in [9.17, 15) is 14.4 Å². The lowest BCUT2D eigenvalue weighted by Crippen LogP contribution is -2.47. The lowest BCUT2D eigenvalue weighted by atomic mass is 10.2. The Morgan fingerprint density at radius 2 is 2.05 bits per heavy atom. The number of rotatable bonds is 6. The highest BCUT2D eigenvalue weighted by molar-refractivity contribution is 5.76. The number of hydrogen-bond acceptors (Lipinski definition) is 3. The zero-order valence-corrected chi connectivity index (χ0v) is 13.0. The largest absolute Gasteiger partial charge is 0.481 e. The molecule has 0 saturated carbocycles. The van der Waals surface area contributed by atoms with Gasteiger partial charge >= 0.3 is 12.0 Å². The quantitative estimate of drug-likeness (QED) is 0.762. The van der Waals surface area contributed by atoms with Crippen LogP contribution in [0.3, 0.4) is 0 Å². The fourth-order valence-corrected chi connectivity index (χ4v) is 2.50. The molecule has 0 aromatic heterocycles. The van der Waals surface area contributed by atoms with Gasteiger partial charge in [-0.1, -0.05) is 0 Å². The summed E-state index contributed by atoms with van der Waals surface area (Å²) in [7, 11) is 0. The Morgan fingerprint density at radius 1 is 1.38 bits per heavy atom. The molecular formula is C14H25N3O4. The third-order valence-electron chi connectivity index (χ3n) is 3.52. The van der Waals surface area contributed by atoms with Crippen molar-refractivity contribution in [2.24, 2.45) is 0 Å². The SMILES string of the molecule is CC(=O)NC1CCN(C(=O)N(CCCC(=O)O)C(C)C)C1. The van der Waals surface area contributed by atoms with Gasteiger partial charge in [-0.05, 0) is 26.7 Å². The molecule has 7 nitrogen and oxygen atoms in total. The number of hydrogen-bond donors (Lipinski definition) is 2. The average molecular weight is 299 g/mol. The molecule has 2 N–H and O–H groups in total. The number of carbonyl (C=O) groups excluding carboxylic acids is 2. The van der Waals surface area contributed by atoms with E-state index in [2.05, 4.69) is 5.32 Å². The van der Waals surface area contributed by atoms with E-state index in [4.69, 9.17) is 5.11 Å². The van der Waals surface area contributed by atoms with Gasteiger partial charge in [0.2, 0.25) is 5.91 Å². The molecule has 1 saturated heterocycles. The third kappa shape index (κ3) is 5.61. The van der Waals surface area contributed by atoms with Gasteiger partial charge in [0, 0.05) is 45.1 Å². The maximum Gasteiger partial charge on any atom is 0.320 e. The first-order valence-corrected chi connectivity index (χ1v) is 7.35. The standard InChI is InChI=1S/C14H25N3O4/c1-10(2)17(7-4-5-13(19)20)14(21)16-8-6-12(9-16)15-11(3)18/h10,12H,4-9H2,1-3H3,(H,15,18)(H,19,20). The Bertz CT molecular complexity index is 398. The monoisotopic (exact) mass is 299 g/mol. The van der Waals surface area contributed by atoms with E-state index in [1.165, 1.54) is 6.92 Å². The van der Waals surface area contributed by atoms with Crippen LogP contribution in [0.5, 0.6) is 0 Å². The van der Waals surface area contributed by atoms with Crippen molar-refractivity contribution >= 4 is 17.9 Å². The summed E-state index contributed by atoms with van der Waals surface area (Å²) in [6.07, 6.45) is 1.26. The normalized spacial score (nSPS) is 17.9. The maximum absolute atomic E-state index is 12.5. The van der Waals surface area contributed by atoms with Crippen LogP contribution in [0.1, 0.15) is 40.0 Å². The van der Waals surface area contributed by atoms with Gasteiger partial charge in [-0.25, -0.2) is 4.79 Å². The van der Waals surface area contributed by atoms with Crippen LogP contribution in [-0.4, -0.2) is 64.5 Å². The van der Waals surface area contributed by atoms with Gasteiger partial charge in [0.05, 0.1) is 0 Å². The van der Waals surface area contributed by atoms with Crippen molar-refractivity contribution in [2.45, 2.75) is 52.1 Å². The molecule has 1 unspecified atom stereocenters. The Balaban J connectivity index is 2.53. The highest BCUT2D eigenvalue weighted by Crippen LogP contribution is 2.14. The Morgan fingerprint density at radius 3 is 2.57 bits per heavy atom. The van der Waals surface area contributed by atoms with Gasteiger partial charge in [-0.3, -0.25) is 9.59 Å². The number of nitrogens with zero attached hydrogens (tertiary/aromatic N) is 2. The van der Waals surface area contributed by atoms with Gasteiger partial charge in [0.25, 0.3) is 0 Å². The molecule has 1 fully saturated rings. The molecule has 0 aromatic carbocycles. The maximum atomic E-state index is 12.5. The van der Waals surface area contributed by atoms with E-state index in [0.29, 0.717) is 26.1 Å². The Labute approximate surface area is 125 Å². The molecule has 0 aliphatic carbocycles. The van der Waals surface area contributed by atoms with Gasteiger partial charge in [0.1, 0.15) is 0 Å². The molecular weight excluding hydrogens is 274 g/mol. The van der Waals surface area contributed by atoms with E-state index < -0.39 is 5.97 Å². The molecule has 1 heterocycles. The van der Waals surface area contributed by atoms with E-state index >= 15 is 0 Å². The van der Waals surface area contributed by atoms with Crippen LogP contribution < -0.4 is 5.32 Å². The number of amides is 3. The lowest BCUT2D eigenvalue weighted by Gasteiger charge is -2.31. The Kier molecular flexibility index (Phi) is 6.45. The fraction of sp³-hybridized carbons (Fsp3) is 0.786. The summed E-state index contributed by atoms with van der Waals surface area (Å²) < 4.78 is 0. The van der Waals surface area contributed by atoms with Crippen molar-refractivity contribution < 1.29 is 19.5 Å². The van der Waals surface area contributed by atoms with Crippen LogP contribution in [0.2, 0.25) is 0 Å². The molecule has 1 atom stereocenters. The smallest absolute Gasteiger partial charge is 0.320 e. The van der Waals surface area contributed by atoms with Gasteiger partial charge < -0.3 is 20.2 Å². The summed E-state index contributed by atoms with van der Waals surface area (Å²) in [5, 5.41) is 11.5. The van der Waals surface area contributed by atoms with Crippen LogP contribution in [-0.2, 0) is 9.59 Å². The number of likely N-dealkylation sites (tertiary alicyclic amines) is 1. The van der Waals surface area contributed by atoms with Crippen molar-refractivity contribution in [2.75, 3.05) is 19.6 Å². The number of aliphatic carboxylic acids is 1. The zero-order chi connectivity index (χ0) is 16.0. The Hall–Kier alpha value is -1.79. The van der Waals surface area contributed by atoms with Crippen molar-refractivity contribution in [3.05, 3.63) is 0 Å². The van der Waals surface area contributed by atoms with Gasteiger partial charge in [0.15, 0.2) is 0 Å². The molecule has 1 aliphatic rings. The van der Waals surface area contributed by atoms with Crippen LogP contribution >= 0.6 is 0 Å². The van der Waals surface area contributed by atoms with Crippen molar-refractivity contribution in [3.8, 4) is 0 Å². The highest BCUT2D eigenvalue weighted by Gasteiger charge is 2.30. The predicted molar refractivity (Wildman–Crippen MR) is 77.9 cm³/mol. The number of carboxylic acids is 1. The van der Waals surface area contributed by atoms with E-state index in [1.807, 2.05) is 13.8 Å². The minimum atomic E-state index is -0.849. The molecule has 3 amide bonds. The number of nitrogens with one attached hydrogen (secondary N) is 1. The summed E-state index contributed by atoms with van der Waals surface area (Å²) in [4.78, 5) is 37.5. The first kappa shape index (κ1) is 17.3. The summed E-state index contributed by atoms with van der Waals surface area (Å²) >= 11 is 0. The lowest BCUT2D eigenvalue weighted by molar-refractivity contribution is -0.137. The van der Waals surface area contributed by atoms with Crippen LogP contribution in [0.15, 0.2) is 0 Å². The molecule has 1 rings (SSSR count). The molecule has 21 heavy (non-hydrogen) atoms. The topological polar surface area (TPSA) is 90.0 Å². The summed E-state index contributed by atoms with van der Waals surface area (Å²) in [5.74, 6) is -0.936. The van der Waals surface area contributed by atoms with Crippen molar-refractivity contribution in [3.63, 3.8) is 0 Å². The average Bonchev–Trinajstić information content (AvgIpc) is 2.80. The molecule has 0 radical (unpaired) electrons. The van der Waals surface area contributed by atoms with Crippen molar-refractivity contribution in [1.82, 2.24) is 15.1 Å². The molecule has 7 heteroatoms. The molecule has 0 spiro atoms. The molecule has 0 bridgehead atoms. The second-order valence-corrected chi connectivity index (χ2v) is 5.70. The number of urea groups is 1. The van der Waals surface area contributed by atoms with Crippen molar-refractivity contribution in [1.29, 1.82) is 0 Å². The summed E-state index contributed by atoms with van der Waals surface area (Å²) in [5.41, 5.74) is 0. The van der Waals surface area contributed by atoms with E-state index in [0.717, 1.165) is 6.42 Å².